The van der Waals surface area contributed by atoms with Crippen LogP contribution in [-0.2, 0) is 6.42 Å². The number of pyridine rings is 1. The highest BCUT2D eigenvalue weighted by molar-refractivity contribution is 5.92. The summed E-state index contributed by atoms with van der Waals surface area (Å²) < 4.78 is 24.8. The molecule has 2 rings (SSSR count). The fraction of sp³-hybridized carbons (Fsp3) is 0.308. The second-order valence-corrected chi connectivity index (χ2v) is 4.41. The van der Waals surface area contributed by atoms with E-state index >= 15 is 0 Å². The highest BCUT2D eigenvalue weighted by Crippen LogP contribution is 2.16. The van der Waals surface area contributed by atoms with Crippen LogP contribution in [0.15, 0.2) is 30.5 Å². The molecule has 106 valence electrons. The number of amides is 1. The van der Waals surface area contributed by atoms with Crippen molar-refractivity contribution in [1.29, 1.82) is 0 Å². The second kappa shape index (κ2) is 6.23. The zero-order valence-electron chi connectivity index (χ0n) is 10.8. The van der Waals surface area contributed by atoms with E-state index in [0.717, 1.165) is 11.8 Å². The molecule has 1 atom stereocenters. The highest BCUT2D eigenvalue weighted by atomic mass is 19.3. The number of carbonyl (C=O) groups excluding carboxylic acids is 1. The molecule has 0 radical (unpaired) electrons. The molecule has 0 fully saturated rings. The fourth-order valence-corrected chi connectivity index (χ4v) is 1.75. The highest BCUT2D eigenvalue weighted by Gasteiger charge is 2.17. The maximum Gasteiger partial charge on any atom is 0.279 e. The minimum Gasteiger partial charge on any atom is -0.348 e. The largest absolute Gasteiger partial charge is 0.348 e. The number of hydrogen-bond donors (Lipinski definition) is 2. The molecular weight excluding hydrogens is 266 g/mol. The molecule has 0 saturated carbocycles. The summed E-state index contributed by atoms with van der Waals surface area (Å²) in [6.45, 7) is 1.81. The van der Waals surface area contributed by atoms with Gasteiger partial charge < -0.3 is 5.32 Å². The van der Waals surface area contributed by atoms with Crippen LogP contribution < -0.4 is 5.32 Å². The van der Waals surface area contributed by atoms with Crippen LogP contribution >= 0.6 is 0 Å². The normalized spacial score (nSPS) is 12.4. The van der Waals surface area contributed by atoms with E-state index in [1.54, 1.807) is 6.20 Å². The topological polar surface area (TPSA) is 70.7 Å². The van der Waals surface area contributed by atoms with Gasteiger partial charge in [0.05, 0.1) is 0 Å². The van der Waals surface area contributed by atoms with Gasteiger partial charge >= 0.3 is 0 Å². The Bertz CT molecular complexity index is 571. The predicted molar refractivity (Wildman–Crippen MR) is 68.4 cm³/mol. The third kappa shape index (κ3) is 3.59. The lowest BCUT2D eigenvalue weighted by atomic mass is 10.1. The molecule has 2 aromatic rings. The quantitative estimate of drug-likeness (QED) is 0.881. The summed E-state index contributed by atoms with van der Waals surface area (Å²) in [6.07, 6.45) is -0.444. The van der Waals surface area contributed by atoms with Crippen LogP contribution in [0.25, 0.3) is 0 Å². The van der Waals surface area contributed by atoms with Crippen molar-refractivity contribution in [3.63, 3.8) is 0 Å². The fourth-order valence-electron chi connectivity index (χ4n) is 1.75. The number of rotatable bonds is 5. The molecule has 7 heteroatoms. The summed E-state index contributed by atoms with van der Waals surface area (Å²) in [7, 11) is 0. The molecule has 0 aliphatic rings. The lowest BCUT2D eigenvalue weighted by molar-refractivity contribution is 0.0935. The van der Waals surface area contributed by atoms with Gasteiger partial charge in [-0.05, 0) is 25.1 Å². The van der Waals surface area contributed by atoms with Gasteiger partial charge in [0.15, 0.2) is 0 Å². The summed E-state index contributed by atoms with van der Waals surface area (Å²) in [4.78, 5) is 16.0. The number of carbonyl (C=O) groups is 1. The van der Waals surface area contributed by atoms with Gasteiger partial charge in [0.1, 0.15) is 11.4 Å². The molecule has 2 heterocycles. The molecule has 0 unspecified atom stereocenters. The van der Waals surface area contributed by atoms with Gasteiger partial charge in [-0.3, -0.25) is 14.9 Å². The van der Waals surface area contributed by atoms with Crippen molar-refractivity contribution in [3.8, 4) is 0 Å². The van der Waals surface area contributed by atoms with E-state index < -0.39 is 12.3 Å². The van der Waals surface area contributed by atoms with E-state index in [-0.39, 0.29) is 17.4 Å². The van der Waals surface area contributed by atoms with Crippen LogP contribution in [0.1, 0.15) is 35.2 Å². The smallest absolute Gasteiger partial charge is 0.279 e. The Labute approximate surface area is 114 Å². The number of H-pyrrole nitrogens is 1. The van der Waals surface area contributed by atoms with Crippen molar-refractivity contribution < 1.29 is 13.6 Å². The van der Waals surface area contributed by atoms with Crippen molar-refractivity contribution in [2.75, 3.05) is 0 Å². The van der Waals surface area contributed by atoms with Crippen LogP contribution in [0, 0.1) is 0 Å². The van der Waals surface area contributed by atoms with Gasteiger partial charge in [-0.2, -0.15) is 5.10 Å². The van der Waals surface area contributed by atoms with Gasteiger partial charge in [-0.25, -0.2) is 8.78 Å². The van der Waals surface area contributed by atoms with Crippen LogP contribution in [0.3, 0.4) is 0 Å². The standard InChI is InChI=1S/C13H14F2N4O/c1-8(6-9-4-2-3-5-16-9)17-13(20)11-7-10(12(14)15)18-19-11/h2-5,7-8,12H,6H2,1H3,(H,17,20)(H,18,19)/t8-/m0/s1. The van der Waals surface area contributed by atoms with E-state index in [9.17, 15) is 13.6 Å². The lowest BCUT2D eigenvalue weighted by Gasteiger charge is -2.12. The second-order valence-electron chi connectivity index (χ2n) is 4.41. The summed E-state index contributed by atoms with van der Waals surface area (Å²) in [5.74, 6) is -0.489. The SMILES string of the molecule is C[C@@H](Cc1ccccn1)NC(=O)c1cc(C(F)F)[nH]n1. The van der Waals surface area contributed by atoms with Crippen LogP contribution in [0.4, 0.5) is 8.78 Å². The van der Waals surface area contributed by atoms with Crippen LogP contribution in [0.5, 0.6) is 0 Å². The Morgan fingerprint density at radius 1 is 1.45 bits per heavy atom. The van der Waals surface area contributed by atoms with Crippen LogP contribution in [0.2, 0.25) is 0 Å². The van der Waals surface area contributed by atoms with Crippen molar-refractivity contribution in [1.82, 2.24) is 20.5 Å². The van der Waals surface area contributed by atoms with E-state index in [0.29, 0.717) is 6.42 Å². The molecule has 2 N–H and O–H groups in total. The molecule has 0 bridgehead atoms. The van der Waals surface area contributed by atoms with E-state index in [1.165, 1.54) is 0 Å². The average Bonchev–Trinajstić information content (AvgIpc) is 2.89. The number of alkyl halides is 2. The molecule has 1 amide bonds. The van der Waals surface area contributed by atoms with Crippen molar-refractivity contribution in [3.05, 3.63) is 47.5 Å². The Kier molecular flexibility index (Phi) is 4.39. The van der Waals surface area contributed by atoms with E-state index in [2.05, 4.69) is 20.5 Å². The Hall–Kier alpha value is -2.31. The number of nitrogens with zero attached hydrogens (tertiary/aromatic N) is 2. The molecule has 5 nitrogen and oxygen atoms in total. The third-order valence-electron chi connectivity index (χ3n) is 2.68. The molecule has 20 heavy (non-hydrogen) atoms. The van der Waals surface area contributed by atoms with Gasteiger partial charge in [-0.15, -0.1) is 0 Å². The summed E-state index contributed by atoms with van der Waals surface area (Å²) >= 11 is 0. The number of aromatic amines is 1. The molecule has 0 aliphatic carbocycles. The first kappa shape index (κ1) is 14.1. The van der Waals surface area contributed by atoms with Gasteiger partial charge in [0.2, 0.25) is 0 Å². The maximum atomic E-state index is 12.4. The van der Waals surface area contributed by atoms with Crippen molar-refractivity contribution in [2.45, 2.75) is 25.8 Å². The Morgan fingerprint density at radius 3 is 2.85 bits per heavy atom. The Morgan fingerprint density at radius 2 is 2.25 bits per heavy atom. The zero-order valence-corrected chi connectivity index (χ0v) is 10.8. The van der Waals surface area contributed by atoms with Crippen molar-refractivity contribution >= 4 is 5.91 Å². The molecular formula is C13H14F2N4O. The summed E-state index contributed by atoms with van der Waals surface area (Å²) in [6, 6.07) is 6.39. The minimum absolute atomic E-state index is 0.0480. The molecule has 0 aliphatic heterocycles. The Balaban J connectivity index is 1.93. The van der Waals surface area contributed by atoms with E-state index in [1.807, 2.05) is 25.1 Å². The first-order valence-corrected chi connectivity index (χ1v) is 6.10. The molecule has 2 aromatic heterocycles. The first-order valence-electron chi connectivity index (χ1n) is 6.10. The number of nitrogens with one attached hydrogen (secondary N) is 2. The van der Waals surface area contributed by atoms with Crippen molar-refractivity contribution in [2.24, 2.45) is 0 Å². The average molecular weight is 280 g/mol. The predicted octanol–water partition coefficient (Wildman–Crippen LogP) is 2.10. The van der Waals surface area contributed by atoms with Crippen LogP contribution in [-0.4, -0.2) is 27.1 Å². The third-order valence-corrected chi connectivity index (χ3v) is 2.68. The molecule has 0 saturated heterocycles. The zero-order chi connectivity index (χ0) is 14.5. The number of hydrogen-bond acceptors (Lipinski definition) is 3. The molecule has 0 spiro atoms. The number of halogens is 2. The first-order chi connectivity index (χ1) is 9.56. The summed E-state index contributed by atoms with van der Waals surface area (Å²) in [5.41, 5.74) is 0.427. The number of aromatic nitrogens is 3. The monoisotopic (exact) mass is 280 g/mol. The van der Waals surface area contributed by atoms with E-state index in [4.69, 9.17) is 0 Å². The summed E-state index contributed by atoms with van der Waals surface area (Å²) in [5, 5.41) is 8.39. The molecule has 0 aromatic carbocycles. The minimum atomic E-state index is -2.67. The van der Waals surface area contributed by atoms with Gasteiger partial charge in [-0.1, -0.05) is 6.07 Å². The maximum absolute atomic E-state index is 12.4. The van der Waals surface area contributed by atoms with Gasteiger partial charge in [0.25, 0.3) is 12.3 Å². The van der Waals surface area contributed by atoms with Gasteiger partial charge in [0, 0.05) is 24.4 Å². The lowest BCUT2D eigenvalue weighted by Crippen LogP contribution is -2.34.